The maximum absolute atomic E-state index is 0. The van der Waals surface area contributed by atoms with E-state index >= 15 is 0 Å². The minimum Gasteiger partial charge on any atom is -1.00 e. The van der Waals surface area contributed by atoms with Crippen LogP contribution in [0.15, 0.2) is 0 Å². The largest absolute Gasteiger partial charge is 1.00 e. The fourth-order valence-electron chi connectivity index (χ4n) is 0. The third-order valence-electron chi connectivity index (χ3n) is 0. The molecule has 0 heterocycles. The molecule has 0 atom stereocenters. The molecule has 0 aromatic heterocycles. The van der Waals surface area contributed by atoms with Gasteiger partial charge in [-0.1, -0.05) is 0 Å². The van der Waals surface area contributed by atoms with Gasteiger partial charge in [-0.3, -0.25) is 0 Å². The van der Waals surface area contributed by atoms with Crippen molar-refractivity contribution in [3.05, 3.63) is 0 Å². The van der Waals surface area contributed by atoms with Crippen LogP contribution in [0.2, 0.25) is 0 Å². The molecule has 0 bridgehead atoms. The van der Waals surface area contributed by atoms with Gasteiger partial charge in [-0.15, -0.1) is 0 Å². The number of hydrogen-bond acceptors (Lipinski definition) is 0. The van der Waals surface area contributed by atoms with Gasteiger partial charge in [0.1, 0.15) is 0 Å². The van der Waals surface area contributed by atoms with E-state index in [-0.39, 0.29) is 81.5 Å². The molecule has 4 heteroatoms. The van der Waals surface area contributed by atoms with E-state index in [9.17, 15) is 0 Å². The molecule has 0 aromatic rings. The molecule has 0 amide bonds. The van der Waals surface area contributed by atoms with Crippen LogP contribution in [0, 0.1) is 0 Å². The predicted molar refractivity (Wildman–Crippen MR) is 7.23 cm³/mol. The minimum atomic E-state index is 0. The number of halogens is 1. The first kappa shape index (κ1) is 37.3. The normalized spacial score (nSPS) is 0. The monoisotopic (exact) mass is 156 g/mol. The van der Waals surface area contributed by atoms with Crippen LogP contribution in [-0.4, -0.2) is 11.0 Å². The molecule has 0 unspecified atom stereocenters. The van der Waals surface area contributed by atoms with Gasteiger partial charge in [0.15, 0.2) is 0 Å². The third kappa shape index (κ3) is 8.99. The predicted octanol–water partition coefficient (Wildman–Crippen LogP) is -7.64. The SMILES string of the molecule is O.O.[Cl-].[Rb+]. The van der Waals surface area contributed by atoms with Crippen LogP contribution in [0.3, 0.4) is 0 Å². The second-order valence-corrected chi connectivity index (χ2v) is 0. The Morgan fingerprint density at radius 2 is 0.750 bits per heavy atom. The van der Waals surface area contributed by atoms with Crippen LogP contribution >= 0.6 is 0 Å². The van der Waals surface area contributed by atoms with Crippen LogP contribution in [0.1, 0.15) is 0 Å². The van der Waals surface area contributed by atoms with Crippen molar-refractivity contribution in [1.29, 1.82) is 0 Å². The van der Waals surface area contributed by atoms with E-state index in [0.29, 0.717) is 0 Å². The first-order valence-corrected chi connectivity index (χ1v) is 0. The van der Waals surface area contributed by atoms with Crippen LogP contribution in [0.25, 0.3) is 0 Å². The summed E-state index contributed by atoms with van der Waals surface area (Å²) in [6.45, 7) is 0. The van der Waals surface area contributed by atoms with Gasteiger partial charge in [-0.2, -0.15) is 0 Å². The Morgan fingerprint density at radius 1 is 0.750 bits per heavy atom. The van der Waals surface area contributed by atoms with E-state index in [1.807, 2.05) is 0 Å². The molecule has 0 aliphatic heterocycles. The molecule has 0 fully saturated rings. The van der Waals surface area contributed by atoms with Gasteiger partial charge in [0.2, 0.25) is 0 Å². The Kier molecular flexibility index (Phi) is 185. The summed E-state index contributed by atoms with van der Waals surface area (Å²) in [6.07, 6.45) is 0. The van der Waals surface area contributed by atoms with Gasteiger partial charge in [0, 0.05) is 0 Å². The molecule has 0 saturated heterocycles. The zero-order chi connectivity index (χ0) is 0. The van der Waals surface area contributed by atoms with E-state index in [2.05, 4.69) is 0 Å². The maximum Gasteiger partial charge on any atom is 1.00 e. The van der Waals surface area contributed by atoms with Crippen LogP contribution in [0.5, 0.6) is 0 Å². The number of hydrogen-bond donors (Lipinski definition) is 0. The fraction of sp³-hybridized carbons (Fsp3) is 0. The zero-order valence-electron chi connectivity index (χ0n) is 2.38. The van der Waals surface area contributed by atoms with Crippen molar-refractivity contribution < 1.29 is 81.5 Å². The van der Waals surface area contributed by atoms with Gasteiger partial charge in [0.05, 0.1) is 0 Å². The van der Waals surface area contributed by atoms with Crippen molar-refractivity contribution >= 4 is 0 Å². The van der Waals surface area contributed by atoms with Gasteiger partial charge in [0.25, 0.3) is 0 Å². The summed E-state index contributed by atoms with van der Waals surface area (Å²) in [5.74, 6) is 0. The van der Waals surface area contributed by atoms with Crippen molar-refractivity contribution in [3.8, 4) is 0 Å². The van der Waals surface area contributed by atoms with Gasteiger partial charge < -0.3 is 23.4 Å². The average Bonchev–Trinajstić information content (AvgIpc) is 0. The van der Waals surface area contributed by atoms with Crippen molar-refractivity contribution in [2.75, 3.05) is 0 Å². The summed E-state index contributed by atoms with van der Waals surface area (Å²) in [4.78, 5) is 0. The molecule has 0 aromatic carbocycles. The van der Waals surface area contributed by atoms with Crippen molar-refractivity contribution in [1.82, 2.24) is 0 Å². The molecule has 0 radical (unpaired) electrons. The third-order valence-corrected chi connectivity index (χ3v) is 0. The van der Waals surface area contributed by atoms with Crippen LogP contribution < -0.4 is 70.6 Å². The van der Waals surface area contributed by atoms with Crippen molar-refractivity contribution in [2.24, 2.45) is 0 Å². The Morgan fingerprint density at radius 3 is 0.750 bits per heavy atom. The zero-order valence-corrected chi connectivity index (χ0v) is 8.05. The Hall–Kier alpha value is 2.02. The summed E-state index contributed by atoms with van der Waals surface area (Å²) in [5.41, 5.74) is 0. The van der Waals surface area contributed by atoms with Crippen molar-refractivity contribution in [2.45, 2.75) is 0 Å². The van der Waals surface area contributed by atoms with Crippen LogP contribution in [-0.2, 0) is 0 Å². The average molecular weight is 157 g/mol. The smallest absolute Gasteiger partial charge is 1.00 e. The van der Waals surface area contributed by atoms with Crippen LogP contribution in [0.4, 0.5) is 0 Å². The first-order valence-electron chi connectivity index (χ1n) is 0. The molecule has 4 N–H and O–H groups in total. The molecule has 4 heavy (non-hydrogen) atoms. The molecule has 0 rings (SSSR count). The van der Waals surface area contributed by atoms with E-state index < -0.39 is 0 Å². The topological polar surface area (TPSA) is 63.0 Å². The second kappa shape index (κ2) is 19.9. The molecular weight excluding hydrogens is 153 g/mol. The van der Waals surface area contributed by atoms with E-state index in [0.717, 1.165) is 0 Å². The summed E-state index contributed by atoms with van der Waals surface area (Å²) in [6, 6.07) is 0. The fourth-order valence-corrected chi connectivity index (χ4v) is 0. The Labute approximate surface area is 79.8 Å². The van der Waals surface area contributed by atoms with E-state index in [1.165, 1.54) is 0 Å². The Balaban J connectivity index is 0. The summed E-state index contributed by atoms with van der Waals surface area (Å²) in [5, 5.41) is 0. The molecule has 2 nitrogen and oxygen atoms in total. The minimum absolute atomic E-state index is 0. The molecule has 0 saturated carbocycles. The quantitative estimate of drug-likeness (QED) is 0.335. The van der Waals surface area contributed by atoms with Gasteiger partial charge in [-0.25, -0.2) is 0 Å². The Bertz CT molecular complexity index is 6.00. The summed E-state index contributed by atoms with van der Waals surface area (Å²) in [7, 11) is 0. The van der Waals surface area contributed by atoms with E-state index in [1.54, 1.807) is 0 Å². The molecular formula is H4ClO2Rb. The summed E-state index contributed by atoms with van der Waals surface area (Å²) < 4.78 is 0. The first-order chi connectivity index (χ1) is 0. The summed E-state index contributed by atoms with van der Waals surface area (Å²) >= 11 is 0. The van der Waals surface area contributed by atoms with Gasteiger partial charge in [-0.05, 0) is 0 Å². The molecule has 0 spiro atoms. The van der Waals surface area contributed by atoms with Gasteiger partial charge >= 0.3 is 58.2 Å². The molecule has 24 valence electrons. The standard InChI is InChI=1S/ClH.2H2O.Rb/h1H;2*1H2;/q;;;+1/p-1. The maximum atomic E-state index is 0. The number of rotatable bonds is 0. The van der Waals surface area contributed by atoms with E-state index in [4.69, 9.17) is 0 Å². The molecule has 0 aliphatic carbocycles. The molecule has 0 aliphatic rings. The second-order valence-electron chi connectivity index (χ2n) is 0. The van der Waals surface area contributed by atoms with Crippen molar-refractivity contribution in [3.63, 3.8) is 0 Å².